The Morgan fingerprint density at radius 2 is 1.96 bits per heavy atom. The van der Waals surface area contributed by atoms with Gasteiger partial charge in [0, 0.05) is 12.6 Å². The number of rotatable bonds is 5. The topological polar surface area (TPSA) is 55.6 Å². The Kier molecular flexibility index (Phi) is 4.85. The number of aromatic nitrogens is 4. The predicted octanol–water partition coefficient (Wildman–Crippen LogP) is 4.91. The molecule has 0 amide bonds. The SMILES string of the molecule is C[C@@H](Nc1nc(Cl)nc2ncn(C[C@H]3CC[C@H](C)CC3)c12)C1CCC1. The van der Waals surface area contributed by atoms with Crippen LogP contribution in [0.1, 0.15) is 58.8 Å². The summed E-state index contributed by atoms with van der Waals surface area (Å²) in [7, 11) is 0. The van der Waals surface area contributed by atoms with Crippen LogP contribution in [0.3, 0.4) is 0 Å². The Morgan fingerprint density at radius 3 is 2.64 bits per heavy atom. The van der Waals surface area contributed by atoms with Gasteiger partial charge < -0.3 is 9.88 Å². The molecule has 2 fully saturated rings. The molecule has 5 nitrogen and oxygen atoms in total. The molecule has 0 unspecified atom stereocenters. The second-order valence-corrected chi connectivity index (χ2v) is 8.50. The van der Waals surface area contributed by atoms with Crippen LogP contribution in [0, 0.1) is 17.8 Å². The highest BCUT2D eigenvalue weighted by Crippen LogP contribution is 2.33. The molecule has 0 bridgehead atoms. The quantitative estimate of drug-likeness (QED) is 0.769. The van der Waals surface area contributed by atoms with Gasteiger partial charge in [0.05, 0.1) is 6.33 Å². The largest absolute Gasteiger partial charge is 0.365 e. The minimum absolute atomic E-state index is 0.271. The van der Waals surface area contributed by atoms with Crippen LogP contribution < -0.4 is 5.32 Å². The van der Waals surface area contributed by atoms with E-state index < -0.39 is 0 Å². The van der Waals surface area contributed by atoms with Crippen molar-refractivity contribution in [2.24, 2.45) is 17.8 Å². The van der Waals surface area contributed by atoms with Crippen molar-refractivity contribution in [2.45, 2.75) is 71.4 Å². The molecule has 2 aliphatic carbocycles. The number of imidazole rings is 1. The van der Waals surface area contributed by atoms with Crippen LogP contribution in [-0.4, -0.2) is 25.6 Å². The summed E-state index contributed by atoms with van der Waals surface area (Å²) < 4.78 is 2.24. The average molecular weight is 362 g/mol. The van der Waals surface area contributed by atoms with Crippen LogP contribution in [0.4, 0.5) is 5.82 Å². The third-order valence-corrected chi connectivity index (χ3v) is 6.43. The van der Waals surface area contributed by atoms with Crippen LogP contribution >= 0.6 is 11.6 Å². The molecule has 0 radical (unpaired) electrons. The van der Waals surface area contributed by atoms with Gasteiger partial charge in [0.1, 0.15) is 5.52 Å². The second kappa shape index (κ2) is 7.10. The molecule has 0 saturated heterocycles. The maximum atomic E-state index is 6.14. The normalized spacial score (nSPS) is 25.7. The third-order valence-electron chi connectivity index (χ3n) is 6.26. The first kappa shape index (κ1) is 17.1. The van der Waals surface area contributed by atoms with Crippen molar-refractivity contribution in [3.63, 3.8) is 0 Å². The minimum Gasteiger partial charge on any atom is -0.365 e. The molecule has 2 aromatic heterocycles. The first-order valence-electron chi connectivity index (χ1n) is 9.75. The molecule has 136 valence electrons. The first-order chi connectivity index (χ1) is 12.1. The van der Waals surface area contributed by atoms with Crippen molar-refractivity contribution < 1.29 is 0 Å². The minimum atomic E-state index is 0.271. The van der Waals surface area contributed by atoms with Crippen molar-refractivity contribution in [2.75, 3.05) is 5.32 Å². The lowest BCUT2D eigenvalue weighted by atomic mass is 9.80. The average Bonchev–Trinajstić information content (AvgIpc) is 2.90. The molecule has 25 heavy (non-hydrogen) atoms. The molecule has 2 saturated carbocycles. The van der Waals surface area contributed by atoms with Crippen LogP contribution in [0.25, 0.3) is 11.2 Å². The monoisotopic (exact) mass is 361 g/mol. The zero-order valence-corrected chi connectivity index (χ0v) is 16.0. The number of hydrogen-bond donors (Lipinski definition) is 1. The summed E-state index contributed by atoms with van der Waals surface area (Å²) in [5, 5.41) is 3.87. The van der Waals surface area contributed by atoms with E-state index in [1.807, 2.05) is 6.33 Å². The molecule has 6 heteroatoms. The Balaban J connectivity index is 1.59. The number of nitrogens with one attached hydrogen (secondary N) is 1. The molecule has 2 aromatic rings. The van der Waals surface area contributed by atoms with E-state index in [1.165, 1.54) is 44.9 Å². The molecular formula is C19H28ClN5. The number of fused-ring (bicyclic) bond motifs is 1. The molecule has 0 spiro atoms. The Bertz CT molecular complexity index is 731. The Morgan fingerprint density at radius 1 is 1.20 bits per heavy atom. The van der Waals surface area contributed by atoms with Gasteiger partial charge in [0.2, 0.25) is 5.28 Å². The summed E-state index contributed by atoms with van der Waals surface area (Å²) in [6.45, 7) is 5.61. The fourth-order valence-electron chi connectivity index (χ4n) is 4.26. The molecule has 0 aromatic carbocycles. The van der Waals surface area contributed by atoms with Gasteiger partial charge in [0.25, 0.3) is 0 Å². The van der Waals surface area contributed by atoms with Gasteiger partial charge in [-0.2, -0.15) is 9.97 Å². The van der Waals surface area contributed by atoms with E-state index in [-0.39, 0.29) is 5.28 Å². The lowest BCUT2D eigenvalue weighted by Gasteiger charge is -2.32. The number of anilines is 1. The number of halogens is 1. The number of hydrogen-bond acceptors (Lipinski definition) is 4. The van der Waals surface area contributed by atoms with E-state index in [0.29, 0.717) is 11.7 Å². The highest BCUT2D eigenvalue weighted by atomic mass is 35.5. The molecule has 2 heterocycles. The summed E-state index contributed by atoms with van der Waals surface area (Å²) in [5.74, 6) is 3.18. The predicted molar refractivity (Wildman–Crippen MR) is 102 cm³/mol. The van der Waals surface area contributed by atoms with Crippen molar-refractivity contribution in [1.29, 1.82) is 0 Å². The van der Waals surface area contributed by atoms with E-state index in [9.17, 15) is 0 Å². The Hall–Kier alpha value is -1.36. The van der Waals surface area contributed by atoms with Gasteiger partial charge in [-0.15, -0.1) is 0 Å². The summed E-state index contributed by atoms with van der Waals surface area (Å²) in [4.78, 5) is 13.3. The standard InChI is InChI=1S/C19H28ClN5/c1-12-6-8-14(9-7-12)10-25-11-21-17-16(25)18(24-19(20)23-17)22-13(2)15-4-3-5-15/h11-15H,3-10H2,1-2H3,(H,22,23,24)/t12-,13-,14-/m1/s1. The van der Waals surface area contributed by atoms with Gasteiger partial charge in [-0.1, -0.05) is 26.2 Å². The second-order valence-electron chi connectivity index (χ2n) is 8.16. The van der Waals surface area contributed by atoms with E-state index in [0.717, 1.165) is 35.6 Å². The van der Waals surface area contributed by atoms with Gasteiger partial charge in [-0.25, -0.2) is 4.98 Å². The van der Waals surface area contributed by atoms with E-state index >= 15 is 0 Å². The molecule has 2 aliphatic rings. The van der Waals surface area contributed by atoms with Crippen LogP contribution in [0.15, 0.2) is 6.33 Å². The Labute approximate surface area is 154 Å². The highest BCUT2D eigenvalue weighted by Gasteiger charge is 2.26. The third kappa shape index (κ3) is 3.62. The zero-order valence-electron chi connectivity index (χ0n) is 15.2. The fraction of sp³-hybridized carbons (Fsp3) is 0.737. The molecule has 1 N–H and O–H groups in total. The summed E-state index contributed by atoms with van der Waals surface area (Å²) in [6.07, 6.45) is 11.1. The fourth-order valence-corrected chi connectivity index (χ4v) is 4.42. The van der Waals surface area contributed by atoms with E-state index in [4.69, 9.17) is 11.6 Å². The highest BCUT2D eigenvalue weighted by molar-refractivity contribution is 6.28. The summed E-state index contributed by atoms with van der Waals surface area (Å²) in [6, 6.07) is 0.404. The van der Waals surface area contributed by atoms with Crippen molar-refractivity contribution >= 4 is 28.6 Å². The number of nitrogens with zero attached hydrogens (tertiary/aromatic N) is 4. The lowest BCUT2D eigenvalue weighted by molar-refractivity contribution is 0.266. The van der Waals surface area contributed by atoms with Crippen LogP contribution in [-0.2, 0) is 6.54 Å². The van der Waals surface area contributed by atoms with Crippen molar-refractivity contribution in [3.8, 4) is 0 Å². The molecule has 0 aliphatic heterocycles. The van der Waals surface area contributed by atoms with Gasteiger partial charge in [-0.05, 0) is 62.0 Å². The van der Waals surface area contributed by atoms with Crippen LogP contribution in [0.2, 0.25) is 5.28 Å². The molecule has 1 atom stereocenters. The summed E-state index contributed by atoms with van der Waals surface area (Å²) in [5.41, 5.74) is 1.71. The van der Waals surface area contributed by atoms with E-state index in [2.05, 4.69) is 38.7 Å². The van der Waals surface area contributed by atoms with Crippen LogP contribution in [0.5, 0.6) is 0 Å². The maximum Gasteiger partial charge on any atom is 0.226 e. The summed E-state index contributed by atoms with van der Waals surface area (Å²) >= 11 is 6.14. The smallest absolute Gasteiger partial charge is 0.226 e. The van der Waals surface area contributed by atoms with Gasteiger partial charge in [0.15, 0.2) is 11.5 Å². The van der Waals surface area contributed by atoms with E-state index in [1.54, 1.807) is 0 Å². The van der Waals surface area contributed by atoms with Crippen molar-refractivity contribution in [3.05, 3.63) is 11.6 Å². The van der Waals surface area contributed by atoms with Gasteiger partial charge in [-0.3, -0.25) is 0 Å². The zero-order chi connectivity index (χ0) is 17.4. The first-order valence-corrected chi connectivity index (χ1v) is 10.1. The van der Waals surface area contributed by atoms with Crippen molar-refractivity contribution in [1.82, 2.24) is 19.5 Å². The van der Waals surface area contributed by atoms with Gasteiger partial charge >= 0.3 is 0 Å². The lowest BCUT2D eigenvalue weighted by Crippen LogP contribution is -2.31. The maximum absolute atomic E-state index is 6.14. The molecular weight excluding hydrogens is 334 g/mol. The molecule has 4 rings (SSSR count).